The van der Waals surface area contributed by atoms with Gasteiger partial charge in [-0.2, -0.15) is 0 Å². The smallest absolute Gasteiger partial charge is 0.230 e. The van der Waals surface area contributed by atoms with Crippen molar-refractivity contribution in [3.05, 3.63) is 29.3 Å². The van der Waals surface area contributed by atoms with E-state index in [-0.39, 0.29) is 5.41 Å². The average molecular weight is 428 g/mol. The maximum absolute atomic E-state index is 13.3. The molecule has 168 valence electrons. The fourth-order valence-corrected chi connectivity index (χ4v) is 5.37. The number of methoxy groups -OCH3 is 1. The zero-order chi connectivity index (χ0) is 21.3. The van der Waals surface area contributed by atoms with E-state index in [0.717, 1.165) is 95.5 Å². The highest BCUT2D eigenvalue weighted by Crippen LogP contribution is 2.41. The molecule has 3 saturated heterocycles. The number of amides is 1. The van der Waals surface area contributed by atoms with Gasteiger partial charge in [0, 0.05) is 51.4 Å². The van der Waals surface area contributed by atoms with Crippen LogP contribution < -0.4 is 9.47 Å². The topological polar surface area (TPSA) is 54.5 Å². The van der Waals surface area contributed by atoms with Gasteiger partial charge in [-0.05, 0) is 49.2 Å². The first-order chi connectivity index (χ1) is 15.1. The molecule has 1 spiro atoms. The van der Waals surface area contributed by atoms with Crippen LogP contribution in [0.4, 0.5) is 0 Å². The van der Waals surface area contributed by atoms with Gasteiger partial charge in [-0.1, -0.05) is 0 Å². The Morgan fingerprint density at radius 3 is 2.74 bits per heavy atom. The van der Waals surface area contributed by atoms with Crippen molar-refractivity contribution in [2.75, 3.05) is 79.3 Å². The number of carbonyl (C=O) groups is 1. The number of nitrogens with zero attached hydrogens (tertiary/aromatic N) is 3. The molecule has 0 N–H and O–H groups in total. The number of fused-ring (bicyclic) bond motifs is 1. The molecule has 31 heavy (non-hydrogen) atoms. The summed E-state index contributed by atoms with van der Waals surface area (Å²) in [7, 11) is 1.68. The molecule has 0 aliphatic carbocycles. The van der Waals surface area contributed by atoms with E-state index in [1.54, 1.807) is 7.11 Å². The molecule has 0 aromatic heterocycles. The number of ether oxygens (including phenoxy) is 3. The molecule has 1 aromatic carbocycles. The lowest BCUT2D eigenvalue weighted by Crippen LogP contribution is -2.43. The highest BCUT2D eigenvalue weighted by molar-refractivity contribution is 5.85. The molecule has 5 rings (SSSR count). The van der Waals surface area contributed by atoms with Crippen LogP contribution in [0.3, 0.4) is 0 Å². The van der Waals surface area contributed by atoms with Crippen molar-refractivity contribution >= 4 is 12.0 Å². The highest BCUT2D eigenvalue weighted by atomic mass is 16.5. The molecule has 4 heterocycles. The van der Waals surface area contributed by atoms with Gasteiger partial charge in [0.1, 0.15) is 18.1 Å². The summed E-state index contributed by atoms with van der Waals surface area (Å²) in [6, 6.07) is 5.92. The summed E-state index contributed by atoms with van der Waals surface area (Å²) in [5.41, 5.74) is 2.15. The lowest BCUT2D eigenvalue weighted by atomic mass is 9.85. The third-order valence-electron chi connectivity index (χ3n) is 7.24. The molecule has 1 unspecified atom stereocenters. The van der Waals surface area contributed by atoms with Gasteiger partial charge >= 0.3 is 0 Å². The van der Waals surface area contributed by atoms with Crippen LogP contribution in [0.2, 0.25) is 0 Å². The number of rotatable bonds is 6. The molecule has 4 aliphatic heterocycles. The van der Waals surface area contributed by atoms with E-state index in [1.165, 1.54) is 5.57 Å². The SMILES string of the molecule is COc1ccc2c(c1)C=C(CN1CCC3(CCN(CCN4CCOCC4)C3=O)C1)CO2. The fourth-order valence-electron chi connectivity index (χ4n) is 5.37. The van der Waals surface area contributed by atoms with E-state index in [0.29, 0.717) is 12.5 Å². The average Bonchev–Trinajstić information content (AvgIpc) is 3.36. The molecule has 1 atom stereocenters. The lowest BCUT2D eigenvalue weighted by molar-refractivity contribution is -0.135. The molecule has 4 aliphatic rings. The van der Waals surface area contributed by atoms with E-state index in [9.17, 15) is 4.79 Å². The minimum atomic E-state index is -0.178. The highest BCUT2D eigenvalue weighted by Gasteiger charge is 2.50. The summed E-state index contributed by atoms with van der Waals surface area (Å²) >= 11 is 0. The van der Waals surface area contributed by atoms with Crippen molar-refractivity contribution < 1.29 is 19.0 Å². The third-order valence-corrected chi connectivity index (χ3v) is 7.24. The summed E-state index contributed by atoms with van der Waals surface area (Å²) < 4.78 is 16.7. The van der Waals surface area contributed by atoms with Gasteiger partial charge in [-0.3, -0.25) is 14.6 Å². The number of hydrogen-bond donors (Lipinski definition) is 0. The first-order valence-electron chi connectivity index (χ1n) is 11.5. The zero-order valence-electron chi connectivity index (χ0n) is 18.5. The predicted octanol–water partition coefficient (Wildman–Crippen LogP) is 1.73. The van der Waals surface area contributed by atoms with Crippen LogP contribution >= 0.6 is 0 Å². The van der Waals surface area contributed by atoms with Crippen LogP contribution in [0.1, 0.15) is 18.4 Å². The number of morpholine rings is 1. The van der Waals surface area contributed by atoms with Crippen molar-refractivity contribution in [1.82, 2.24) is 14.7 Å². The van der Waals surface area contributed by atoms with E-state index in [1.807, 2.05) is 18.2 Å². The van der Waals surface area contributed by atoms with Crippen LogP contribution in [0.25, 0.3) is 6.08 Å². The van der Waals surface area contributed by atoms with Crippen molar-refractivity contribution in [3.8, 4) is 11.5 Å². The summed E-state index contributed by atoms with van der Waals surface area (Å²) in [6.07, 6.45) is 4.18. The predicted molar refractivity (Wildman–Crippen MR) is 118 cm³/mol. The Bertz CT molecular complexity index is 851. The number of likely N-dealkylation sites (tertiary alicyclic amines) is 2. The molecule has 1 amide bonds. The standard InChI is InChI=1S/C24H33N3O4/c1-29-21-2-3-22-20(15-21)14-19(17-31-22)16-26-6-4-24(18-26)5-7-27(23(24)28)9-8-25-10-12-30-13-11-25/h2-3,14-15H,4-13,16-18H2,1H3. The van der Waals surface area contributed by atoms with Crippen molar-refractivity contribution in [2.45, 2.75) is 12.8 Å². The maximum Gasteiger partial charge on any atom is 0.230 e. The van der Waals surface area contributed by atoms with Gasteiger partial charge < -0.3 is 19.1 Å². The van der Waals surface area contributed by atoms with Gasteiger partial charge in [-0.15, -0.1) is 0 Å². The molecule has 1 aromatic rings. The summed E-state index contributed by atoms with van der Waals surface area (Å²) in [4.78, 5) is 20.2. The second-order valence-corrected chi connectivity index (χ2v) is 9.23. The van der Waals surface area contributed by atoms with Crippen molar-refractivity contribution in [2.24, 2.45) is 5.41 Å². The van der Waals surface area contributed by atoms with E-state index in [2.05, 4.69) is 20.8 Å². The monoisotopic (exact) mass is 427 g/mol. The van der Waals surface area contributed by atoms with Gasteiger partial charge in [-0.25, -0.2) is 0 Å². The number of carbonyl (C=O) groups excluding carboxylic acids is 1. The molecule has 3 fully saturated rings. The Morgan fingerprint density at radius 2 is 1.90 bits per heavy atom. The molecule has 0 saturated carbocycles. The Morgan fingerprint density at radius 1 is 1.06 bits per heavy atom. The normalized spacial score (nSPS) is 26.8. The van der Waals surface area contributed by atoms with Crippen LogP contribution in [0.15, 0.2) is 23.8 Å². The van der Waals surface area contributed by atoms with Gasteiger partial charge in [0.15, 0.2) is 0 Å². The van der Waals surface area contributed by atoms with E-state index < -0.39 is 0 Å². The molecule has 0 bridgehead atoms. The molecular formula is C24H33N3O4. The van der Waals surface area contributed by atoms with Crippen LogP contribution in [-0.4, -0.2) is 99.9 Å². The zero-order valence-corrected chi connectivity index (χ0v) is 18.5. The van der Waals surface area contributed by atoms with Gasteiger partial charge in [0.05, 0.1) is 25.7 Å². The molecule has 7 heteroatoms. The lowest BCUT2D eigenvalue weighted by Gasteiger charge is -2.29. The van der Waals surface area contributed by atoms with Gasteiger partial charge in [0.2, 0.25) is 5.91 Å². The van der Waals surface area contributed by atoms with Crippen LogP contribution in [0.5, 0.6) is 11.5 Å². The first-order valence-corrected chi connectivity index (χ1v) is 11.5. The van der Waals surface area contributed by atoms with Crippen LogP contribution in [-0.2, 0) is 9.53 Å². The van der Waals surface area contributed by atoms with Crippen LogP contribution in [0, 0.1) is 5.41 Å². The number of hydrogen-bond acceptors (Lipinski definition) is 6. The largest absolute Gasteiger partial charge is 0.497 e. The Hall–Kier alpha value is -2.09. The quantitative estimate of drug-likeness (QED) is 0.689. The molecular weight excluding hydrogens is 394 g/mol. The fraction of sp³-hybridized carbons (Fsp3) is 0.625. The summed E-state index contributed by atoms with van der Waals surface area (Å²) in [5, 5.41) is 0. The Balaban J connectivity index is 1.17. The minimum Gasteiger partial charge on any atom is -0.497 e. The van der Waals surface area contributed by atoms with Crippen molar-refractivity contribution in [3.63, 3.8) is 0 Å². The van der Waals surface area contributed by atoms with Crippen molar-refractivity contribution in [1.29, 1.82) is 0 Å². The maximum atomic E-state index is 13.3. The van der Waals surface area contributed by atoms with Gasteiger partial charge in [0.25, 0.3) is 0 Å². The molecule has 0 radical (unpaired) electrons. The third kappa shape index (κ3) is 4.31. The van der Waals surface area contributed by atoms with E-state index in [4.69, 9.17) is 14.2 Å². The second kappa shape index (κ2) is 8.81. The summed E-state index contributed by atoms with van der Waals surface area (Å²) in [5.74, 6) is 2.12. The number of benzene rings is 1. The molecule has 7 nitrogen and oxygen atoms in total. The van der Waals surface area contributed by atoms with E-state index >= 15 is 0 Å². The Kier molecular flexibility index (Phi) is 5.91. The first kappa shape index (κ1) is 20.8. The Labute approximate surface area is 184 Å². The summed E-state index contributed by atoms with van der Waals surface area (Å²) in [6.45, 7) is 9.60. The minimum absolute atomic E-state index is 0.178. The second-order valence-electron chi connectivity index (χ2n) is 9.23.